The molecule has 1 atom stereocenters. The molecule has 0 aliphatic rings. The number of thiophene rings is 1. The van der Waals surface area contributed by atoms with Gasteiger partial charge in [-0.25, -0.2) is 12.7 Å². The number of sulfonamides is 1. The van der Waals surface area contributed by atoms with Crippen LogP contribution in [0.4, 0.5) is 0 Å². The van der Waals surface area contributed by atoms with Crippen molar-refractivity contribution in [3.8, 4) is 0 Å². The zero-order valence-electron chi connectivity index (χ0n) is 14.5. The van der Waals surface area contributed by atoms with Gasteiger partial charge in [0, 0.05) is 32.5 Å². The average molecular weight is 385 g/mol. The van der Waals surface area contributed by atoms with Crippen molar-refractivity contribution in [2.24, 2.45) is 0 Å². The molecule has 2 aromatic rings. The summed E-state index contributed by atoms with van der Waals surface area (Å²) in [6.07, 6.45) is 3.99. The molecule has 0 radical (unpaired) electrons. The molecule has 0 saturated heterocycles. The van der Waals surface area contributed by atoms with Crippen molar-refractivity contribution in [3.63, 3.8) is 0 Å². The van der Waals surface area contributed by atoms with Crippen molar-refractivity contribution >= 4 is 27.3 Å². The zero-order valence-corrected chi connectivity index (χ0v) is 16.1. The van der Waals surface area contributed by atoms with Crippen molar-refractivity contribution in [2.75, 3.05) is 13.6 Å². The summed E-state index contributed by atoms with van der Waals surface area (Å²) in [5, 5.41) is 4.67. The molecule has 138 valence electrons. The molecular weight excluding hydrogens is 360 g/mol. The normalized spacial score (nSPS) is 13.1. The second-order valence-corrected chi connectivity index (χ2v) is 9.17. The molecule has 0 aliphatic carbocycles. The molecule has 0 bridgehead atoms. The monoisotopic (exact) mass is 384 g/mol. The van der Waals surface area contributed by atoms with E-state index < -0.39 is 10.0 Å². The summed E-state index contributed by atoms with van der Waals surface area (Å²) in [4.78, 5) is 12.0. The predicted molar refractivity (Wildman–Crippen MR) is 98.0 cm³/mol. The Morgan fingerprint density at radius 3 is 2.80 bits per heavy atom. The second kappa shape index (κ2) is 9.17. The van der Waals surface area contributed by atoms with Gasteiger partial charge in [-0.1, -0.05) is 6.07 Å². The maximum absolute atomic E-state index is 12.3. The number of hydrogen-bond acceptors (Lipinski definition) is 5. The lowest BCUT2D eigenvalue weighted by molar-refractivity contribution is -0.121. The highest BCUT2D eigenvalue weighted by atomic mass is 32.2. The molecule has 1 amide bonds. The van der Waals surface area contributed by atoms with Crippen molar-refractivity contribution < 1.29 is 17.6 Å². The average Bonchev–Trinajstić information content (AvgIpc) is 3.26. The quantitative estimate of drug-likeness (QED) is 0.683. The molecule has 6 nitrogen and oxygen atoms in total. The maximum atomic E-state index is 12.3. The molecule has 2 heterocycles. The summed E-state index contributed by atoms with van der Waals surface area (Å²) in [6, 6.07) is 7.11. The summed E-state index contributed by atoms with van der Waals surface area (Å²) in [7, 11) is -1.90. The van der Waals surface area contributed by atoms with Crippen LogP contribution in [0.1, 0.15) is 31.9 Å². The Hall–Kier alpha value is -1.64. The van der Waals surface area contributed by atoms with Crippen LogP contribution in [0.5, 0.6) is 0 Å². The van der Waals surface area contributed by atoms with E-state index in [1.807, 2.05) is 19.1 Å². The van der Waals surface area contributed by atoms with Crippen LogP contribution in [-0.2, 0) is 21.2 Å². The van der Waals surface area contributed by atoms with Crippen molar-refractivity contribution in [2.45, 2.75) is 42.9 Å². The van der Waals surface area contributed by atoms with Gasteiger partial charge in [0.25, 0.3) is 10.0 Å². The summed E-state index contributed by atoms with van der Waals surface area (Å²) >= 11 is 1.19. The highest BCUT2D eigenvalue weighted by Gasteiger charge is 2.21. The molecule has 1 unspecified atom stereocenters. The smallest absolute Gasteiger partial charge is 0.252 e. The molecule has 2 rings (SSSR count). The van der Waals surface area contributed by atoms with Gasteiger partial charge in [-0.05, 0) is 43.3 Å². The van der Waals surface area contributed by atoms with Gasteiger partial charge in [-0.15, -0.1) is 11.3 Å². The molecule has 25 heavy (non-hydrogen) atoms. The molecule has 0 spiro atoms. The Kier molecular flexibility index (Phi) is 7.22. The number of carbonyl (C=O) groups is 1. The van der Waals surface area contributed by atoms with Crippen LogP contribution < -0.4 is 5.32 Å². The highest BCUT2D eigenvalue weighted by Crippen LogP contribution is 2.19. The van der Waals surface area contributed by atoms with Gasteiger partial charge in [-0.3, -0.25) is 4.79 Å². The fourth-order valence-electron chi connectivity index (χ4n) is 2.38. The lowest BCUT2D eigenvalue weighted by atomic mass is 10.1. The Morgan fingerprint density at radius 2 is 2.16 bits per heavy atom. The van der Waals surface area contributed by atoms with Gasteiger partial charge in [0.1, 0.15) is 9.97 Å². The number of furan rings is 1. The van der Waals surface area contributed by atoms with Gasteiger partial charge in [0.05, 0.1) is 6.26 Å². The number of nitrogens with zero attached hydrogens (tertiary/aromatic N) is 1. The minimum atomic E-state index is -3.44. The third-order valence-corrected chi connectivity index (χ3v) is 7.08. The zero-order chi connectivity index (χ0) is 18.3. The summed E-state index contributed by atoms with van der Waals surface area (Å²) < 4.78 is 31.4. The Bertz CT molecular complexity index is 740. The van der Waals surface area contributed by atoms with Crippen LogP contribution in [0.15, 0.2) is 44.5 Å². The molecule has 8 heteroatoms. The van der Waals surface area contributed by atoms with Gasteiger partial charge in [0.15, 0.2) is 0 Å². The third-order valence-electron chi connectivity index (χ3n) is 3.85. The molecular formula is C17H24N2O4S2. The van der Waals surface area contributed by atoms with E-state index in [2.05, 4.69) is 5.32 Å². The van der Waals surface area contributed by atoms with E-state index in [0.29, 0.717) is 23.6 Å². The molecule has 0 fully saturated rings. The molecule has 0 saturated carbocycles. The molecule has 1 N–H and O–H groups in total. The maximum Gasteiger partial charge on any atom is 0.252 e. The SMILES string of the molecule is CC(CCc1ccco1)NC(=O)CCCN(C)S(=O)(=O)c1cccs1. The van der Waals surface area contributed by atoms with E-state index in [4.69, 9.17) is 4.42 Å². The van der Waals surface area contributed by atoms with Crippen LogP contribution in [-0.4, -0.2) is 38.3 Å². The fourth-order valence-corrected chi connectivity index (χ4v) is 4.79. The lowest BCUT2D eigenvalue weighted by Gasteiger charge is -2.17. The van der Waals surface area contributed by atoms with Crippen LogP contribution in [0, 0.1) is 0 Å². The van der Waals surface area contributed by atoms with E-state index in [1.54, 1.807) is 30.8 Å². The molecule has 0 aliphatic heterocycles. The molecule has 2 aromatic heterocycles. The van der Waals surface area contributed by atoms with Gasteiger partial charge < -0.3 is 9.73 Å². The standard InChI is InChI=1S/C17H24N2O4S2/c1-14(9-10-15-6-4-12-23-15)18-16(20)7-3-11-19(2)25(21,22)17-8-5-13-24-17/h4-6,8,12-14H,3,7,9-11H2,1-2H3,(H,18,20). The largest absolute Gasteiger partial charge is 0.469 e. The first-order chi connectivity index (χ1) is 11.9. The molecule has 0 aromatic carbocycles. The fraction of sp³-hybridized carbons (Fsp3) is 0.471. The van der Waals surface area contributed by atoms with Gasteiger partial charge in [0.2, 0.25) is 5.91 Å². The number of rotatable bonds is 10. The van der Waals surface area contributed by atoms with Crippen LogP contribution >= 0.6 is 11.3 Å². The van der Waals surface area contributed by atoms with Crippen LogP contribution in [0.2, 0.25) is 0 Å². The van der Waals surface area contributed by atoms with Crippen LogP contribution in [0.3, 0.4) is 0 Å². The van der Waals surface area contributed by atoms with Crippen molar-refractivity contribution in [1.29, 1.82) is 0 Å². The number of aryl methyl sites for hydroxylation is 1. The first kappa shape index (κ1) is 19.7. The van der Waals surface area contributed by atoms with Crippen molar-refractivity contribution in [1.82, 2.24) is 9.62 Å². The summed E-state index contributed by atoms with van der Waals surface area (Å²) in [5.74, 6) is 0.843. The number of amides is 1. The van der Waals surface area contributed by atoms with Crippen molar-refractivity contribution in [3.05, 3.63) is 41.7 Å². The summed E-state index contributed by atoms with van der Waals surface area (Å²) in [5.41, 5.74) is 0. The first-order valence-electron chi connectivity index (χ1n) is 8.21. The lowest BCUT2D eigenvalue weighted by Crippen LogP contribution is -2.34. The van der Waals surface area contributed by atoms with E-state index in [9.17, 15) is 13.2 Å². The van der Waals surface area contributed by atoms with E-state index in [-0.39, 0.29) is 11.9 Å². The first-order valence-corrected chi connectivity index (χ1v) is 10.5. The Labute approximate surface area is 152 Å². The van der Waals surface area contributed by atoms with E-state index >= 15 is 0 Å². The van der Waals surface area contributed by atoms with Gasteiger partial charge >= 0.3 is 0 Å². The number of nitrogens with one attached hydrogen (secondary N) is 1. The Morgan fingerprint density at radius 1 is 1.36 bits per heavy atom. The number of carbonyl (C=O) groups excluding carboxylic acids is 1. The van der Waals surface area contributed by atoms with Crippen LogP contribution in [0.25, 0.3) is 0 Å². The van der Waals surface area contributed by atoms with E-state index in [0.717, 1.165) is 18.6 Å². The second-order valence-electron chi connectivity index (χ2n) is 5.95. The number of hydrogen-bond donors (Lipinski definition) is 1. The predicted octanol–water partition coefficient (Wildman–Crippen LogP) is 2.88. The minimum absolute atomic E-state index is 0.0465. The van der Waals surface area contributed by atoms with Gasteiger partial charge in [-0.2, -0.15) is 0 Å². The topological polar surface area (TPSA) is 79.6 Å². The third kappa shape index (κ3) is 5.98. The highest BCUT2D eigenvalue weighted by molar-refractivity contribution is 7.91. The minimum Gasteiger partial charge on any atom is -0.469 e. The van der Waals surface area contributed by atoms with E-state index in [1.165, 1.54) is 15.6 Å². The summed E-state index contributed by atoms with van der Waals surface area (Å²) in [6.45, 7) is 2.27. The Balaban J connectivity index is 1.67.